The Bertz CT molecular complexity index is 428. The normalized spacial score (nSPS) is 15.8. The highest BCUT2D eigenvalue weighted by Crippen LogP contribution is 2.19. The standard InChI is InChI=1S/C15H17N3/c1-2-4-14(5-3-1)17-10-12-18(13-11-17)15-6-8-16-9-7-15/h1-9H,10-13H2. The van der Waals surface area contributed by atoms with Gasteiger partial charge in [-0.2, -0.15) is 0 Å². The molecule has 1 aromatic carbocycles. The summed E-state index contributed by atoms with van der Waals surface area (Å²) >= 11 is 0. The maximum atomic E-state index is 4.07. The molecule has 2 heterocycles. The molecule has 2 aromatic rings. The van der Waals surface area contributed by atoms with Crippen LogP contribution in [-0.4, -0.2) is 31.2 Å². The molecule has 0 bridgehead atoms. The minimum absolute atomic E-state index is 1.07. The SMILES string of the molecule is c1ccc(N2CCN(c3ccncc3)CC2)cc1. The fourth-order valence-electron chi connectivity index (χ4n) is 2.42. The molecule has 0 amide bonds. The van der Waals surface area contributed by atoms with Crippen molar-refractivity contribution in [1.82, 2.24) is 4.98 Å². The largest absolute Gasteiger partial charge is 0.368 e. The zero-order valence-electron chi connectivity index (χ0n) is 10.4. The van der Waals surface area contributed by atoms with Gasteiger partial charge in [0.15, 0.2) is 0 Å². The first-order valence-electron chi connectivity index (χ1n) is 6.38. The molecule has 1 fully saturated rings. The van der Waals surface area contributed by atoms with Crippen LogP contribution < -0.4 is 9.80 Å². The molecule has 92 valence electrons. The van der Waals surface area contributed by atoms with Crippen molar-refractivity contribution in [1.29, 1.82) is 0 Å². The number of rotatable bonds is 2. The molecule has 0 unspecified atom stereocenters. The molecule has 3 heteroatoms. The molecular weight excluding hydrogens is 222 g/mol. The van der Waals surface area contributed by atoms with Crippen LogP contribution in [0.2, 0.25) is 0 Å². The van der Waals surface area contributed by atoms with Gasteiger partial charge in [0.05, 0.1) is 0 Å². The highest BCUT2D eigenvalue weighted by Gasteiger charge is 2.16. The van der Waals surface area contributed by atoms with Gasteiger partial charge in [-0.1, -0.05) is 18.2 Å². The van der Waals surface area contributed by atoms with Crippen LogP contribution in [-0.2, 0) is 0 Å². The lowest BCUT2D eigenvalue weighted by Crippen LogP contribution is -2.46. The molecule has 1 saturated heterocycles. The maximum Gasteiger partial charge on any atom is 0.0398 e. The van der Waals surface area contributed by atoms with Crippen LogP contribution in [0.1, 0.15) is 0 Å². The van der Waals surface area contributed by atoms with E-state index in [1.807, 2.05) is 12.4 Å². The Hall–Kier alpha value is -2.03. The topological polar surface area (TPSA) is 19.4 Å². The Labute approximate surface area is 108 Å². The van der Waals surface area contributed by atoms with Gasteiger partial charge in [-0.3, -0.25) is 4.98 Å². The summed E-state index contributed by atoms with van der Waals surface area (Å²) in [5.41, 5.74) is 2.60. The lowest BCUT2D eigenvalue weighted by molar-refractivity contribution is 0.653. The van der Waals surface area contributed by atoms with Crippen LogP contribution in [0.5, 0.6) is 0 Å². The van der Waals surface area contributed by atoms with Gasteiger partial charge in [0.1, 0.15) is 0 Å². The Balaban J connectivity index is 1.65. The van der Waals surface area contributed by atoms with Crippen molar-refractivity contribution in [2.75, 3.05) is 36.0 Å². The number of pyridine rings is 1. The van der Waals surface area contributed by atoms with E-state index in [-0.39, 0.29) is 0 Å². The predicted octanol–water partition coefficient (Wildman–Crippen LogP) is 2.41. The summed E-state index contributed by atoms with van der Waals surface area (Å²) in [7, 11) is 0. The van der Waals surface area contributed by atoms with E-state index in [0.29, 0.717) is 0 Å². The third-order valence-corrected chi connectivity index (χ3v) is 3.43. The average Bonchev–Trinajstić information content (AvgIpc) is 2.49. The molecule has 1 aromatic heterocycles. The van der Waals surface area contributed by atoms with E-state index in [4.69, 9.17) is 0 Å². The van der Waals surface area contributed by atoms with Gasteiger partial charge in [-0.05, 0) is 24.3 Å². The highest BCUT2D eigenvalue weighted by atomic mass is 15.3. The summed E-state index contributed by atoms with van der Waals surface area (Å²) in [6.45, 7) is 4.29. The number of hydrogen-bond acceptors (Lipinski definition) is 3. The van der Waals surface area contributed by atoms with Crippen LogP contribution in [0, 0.1) is 0 Å². The number of benzene rings is 1. The lowest BCUT2D eigenvalue weighted by Gasteiger charge is -2.37. The molecule has 0 aliphatic carbocycles. The first-order chi connectivity index (χ1) is 8.93. The van der Waals surface area contributed by atoms with Gasteiger partial charge in [-0.25, -0.2) is 0 Å². The van der Waals surface area contributed by atoms with Crippen LogP contribution in [0.4, 0.5) is 11.4 Å². The maximum absolute atomic E-state index is 4.07. The Kier molecular flexibility index (Phi) is 3.13. The van der Waals surface area contributed by atoms with Crippen molar-refractivity contribution >= 4 is 11.4 Å². The summed E-state index contributed by atoms with van der Waals surface area (Å²) in [5.74, 6) is 0. The van der Waals surface area contributed by atoms with E-state index < -0.39 is 0 Å². The summed E-state index contributed by atoms with van der Waals surface area (Å²) in [4.78, 5) is 8.93. The molecule has 0 atom stereocenters. The molecular formula is C15H17N3. The number of anilines is 2. The Morgan fingerprint density at radius 3 is 1.72 bits per heavy atom. The first-order valence-corrected chi connectivity index (χ1v) is 6.38. The number of piperazine rings is 1. The van der Waals surface area contributed by atoms with Gasteiger partial charge >= 0.3 is 0 Å². The van der Waals surface area contributed by atoms with Crippen LogP contribution in [0.25, 0.3) is 0 Å². The first kappa shape index (κ1) is 11.1. The molecule has 0 saturated carbocycles. The quantitative estimate of drug-likeness (QED) is 0.802. The number of nitrogens with zero attached hydrogens (tertiary/aromatic N) is 3. The van der Waals surface area contributed by atoms with Gasteiger partial charge in [-0.15, -0.1) is 0 Å². The van der Waals surface area contributed by atoms with E-state index in [0.717, 1.165) is 26.2 Å². The zero-order valence-corrected chi connectivity index (χ0v) is 10.4. The fraction of sp³-hybridized carbons (Fsp3) is 0.267. The van der Waals surface area contributed by atoms with Crippen LogP contribution in [0.3, 0.4) is 0 Å². The lowest BCUT2D eigenvalue weighted by atomic mass is 10.2. The molecule has 18 heavy (non-hydrogen) atoms. The smallest absolute Gasteiger partial charge is 0.0398 e. The monoisotopic (exact) mass is 239 g/mol. The van der Waals surface area contributed by atoms with Crippen molar-refractivity contribution in [3.05, 3.63) is 54.9 Å². The molecule has 1 aliphatic rings. The van der Waals surface area contributed by atoms with E-state index in [2.05, 4.69) is 57.2 Å². The fourth-order valence-corrected chi connectivity index (χ4v) is 2.42. The third kappa shape index (κ3) is 2.30. The molecule has 1 aliphatic heterocycles. The van der Waals surface area contributed by atoms with Crippen molar-refractivity contribution < 1.29 is 0 Å². The Morgan fingerprint density at radius 1 is 0.667 bits per heavy atom. The second-order valence-corrected chi connectivity index (χ2v) is 4.52. The van der Waals surface area contributed by atoms with Gasteiger partial charge in [0.2, 0.25) is 0 Å². The molecule has 0 spiro atoms. The van der Waals surface area contributed by atoms with E-state index in [9.17, 15) is 0 Å². The van der Waals surface area contributed by atoms with Crippen molar-refractivity contribution in [2.45, 2.75) is 0 Å². The van der Waals surface area contributed by atoms with E-state index in [1.54, 1.807) is 0 Å². The number of hydrogen-bond donors (Lipinski definition) is 0. The van der Waals surface area contributed by atoms with Crippen molar-refractivity contribution in [3.63, 3.8) is 0 Å². The van der Waals surface area contributed by atoms with Crippen LogP contribution in [0.15, 0.2) is 54.9 Å². The number of aromatic nitrogens is 1. The summed E-state index contributed by atoms with van der Waals surface area (Å²) < 4.78 is 0. The van der Waals surface area contributed by atoms with Gasteiger partial charge < -0.3 is 9.80 Å². The van der Waals surface area contributed by atoms with Gasteiger partial charge in [0.25, 0.3) is 0 Å². The minimum atomic E-state index is 1.07. The molecule has 3 rings (SSSR count). The number of para-hydroxylation sites is 1. The molecule has 0 N–H and O–H groups in total. The van der Waals surface area contributed by atoms with Gasteiger partial charge in [0, 0.05) is 49.9 Å². The van der Waals surface area contributed by atoms with Crippen molar-refractivity contribution in [3.8, 4) is 0 Å². The summed E-state index contributed by atoms with van der Waals surface area (Å²) in [6.07, 6.45) is 3.72. The second kappa shape index (κ2) is 5.08. The zero-order chi connectivity index (χ0) is 12.2. The third-order valence-electron chi connectivity index (χ3n) is 3.43. The van der Waals surface area contributed by atoms with E-state index in [1.165, 1.54) is 11.4 Å². The predicted molar refractivity (Wildman–Crippen MR) is 75.1 cm³/mol. The summed E-state index contributed by atoms with van der Waals surface area (Å²) in [6, 6.07) is 14.8. The molecule has 0 radical (unpaired) electrons. The minimum Gasteiger partial charge on any atom is -0.368 e. The average molecular weight is 239 g/mol. The summed E-state index contributed by atoms with van der Waals surface area (Å²) in [5, 5.41) is 0. The van der Waals surface area contributed by atoms with Crippen molar-refractivity contribution in [2.24, 2.45) is 0 Å². The highest BCUT2D eigenvalue weighted by molar-refractivity contribution is 5.50. The van der Waals surface area contributed by atoms with Crippen LogP contribution >= 0.6 is 0 Å². The molecule has 3 nitrogen and oxygen atoms in total. The second-order valence-electron chi connectivity index (χ2n) is 4.52. The van der Waals surface area contributed by atoms with E-state index >= 15 is 0 Å². The Morgan fingerprint density at radius 2 is 1.17 bits per heavy atom.